The van der Waals surface area contributed by atoms with E-state index in [1.807, 2.05) is 0 Å². The molecule has 2 atom stereocenters. The molecule has 2 N–H and O–H groups in total. The topological polar surface area (TPSA) is 118 Å². The van der Waals surface area contributed by atoms with Crippen LogP contribution in [0, 0.1) is 5.41 Å². The summed E-state index contributed by atoms with van der Waals surface area (Å²) < 4.78 is 22.8. The largest absolute Gasteiger partial charge is 0.461 e. The average Bonchev–Trinajstić information content (AvgIpc) is 2.57. The van der Waals surface area contributed by atoms with Gasteiger partial charge in [0.05, 0.1) is 18.5 Å². The summed E-state index contributed by atoms with van der Waals surface area (Å²) in [6.07, 6.45) is 1.03. The highest BCUT2D eigenvalue weighted by molar-refractivity contribution is 6.26. The maximum Gasteiger partial charge on any atom is 0.328 e. The van der Waals surface area contributed by atoms with Gasteiger partial charge in [0.25, 0.3) is 5.91 Å². The second-order valence-electron chi connectivity index (χ2n) is 5.88. The lowest BCUT2D eigenvalue weighted by Gasteiger charge is -2.22. The molecule has 150 valence electrons. The number of ketones is 1. The molecular weight excluding hydrogens is 357 g/mol. The lowest BCUT2D eigenvalue weighted by atomic mass is 10.1. The average molecular weight is 383 g/mol. The van der Waals surface area contributed by atoms with Gasteiger partial charge in [0, 0.05) is 25.3 Å². The zero-order valence-corrected chi connectivity index (χ0v) is 16.0. The maximum atomic E-state index is 12.7. The van der Waals surface area contributed by atoms with Gasteiger partial charge in [-0.3, -0.25) is 14.6 Å². The molecule has 0 fully saturated rings. The van der Waals surface area contributed by atoms with Gasteiger partial charge in [0.1, 0.15) is 11.9 Å². The summed E-state index contributed by atoms with van der Waals surface area (Å²) in [5, 5.41) is 9.36. The van der Waals surface area contributed by atoms with Crippen LogP contribution in [0.1, 0.15) is 33.6 Å². The summed E-state index contributed by atoms with van der Waals surface area (Å²) in [5.41, 5.74) is 0.138. The first kappa shape index (κ1) is 24.3. The van der Waals surface area contributed by atoms with E-state index in [0.29, 0.717) is 6.21 Å². The van der Waals surface area contributed by atoms with E-state index < -0.39 is 41.7 Å². The first-order chi connectivity index (χ1) is 12.6. The third kappa shape index (κ3) is 10.1. The molecule has 0 heterocycles. The van der Waals surface area contributed by atoms with Crippen LogP contribution in [-0.2, 0) is 23.9 Å². The van der Waals surface area contributed by atoms with E-state index in [-0.39, 0.29) is 18.4 Å². The third-order valence-corrected chi connectivity index (χ3v) is 3.10. The Morgan fingerprint density at radius 1 is 1.33 bits per heavy atom. The number of hydrogen-bond acceptors (Lipinski definition) is 7. The maximum absolute atomic E-state index is 12.7. The lowest BCUT2D eigenvalue weighted by molar-refractivity contribution is -0.152. The van der Waals surface area contributed by atoms with Crippen molar-refractivity contribution in [3.05, 3.63) is 24.2 Å². The number of methoxy groups -OCH3 is 1. The molecular formula is C18H26FN3O5. The number of carbonyl (C=O) groups excluding carboxylic acids is 3. The van der Waals surface area contributed by atoms with Gasteiger partial charge < -0.3 is 20.2 Å². The fraction of sp³-hybridized carbons (Fsp3) is 0.500. The first-order valence-corrected chi connectivity index (χ1v) is 8.23. The molecule has 0 radical (unpaired) electrons. The van der Waals surface area contributed by atoms with Crippen molar-refractivity contribution in [2.75, 3.05) is 7.11 Å². The van der Waals surface area contributed by atoms with E-state index in [0.717, 1.165) is 12.4 Å². The minimum Gasteiger partial charge on any atom is -0.461 e. The molecule has 0 aliphatic rings. The molecule has 0 aromatic carbocycles. The smallest absolute Gasteiger partial charge is 0.328 e. The predicted molar refractivity (Wildman–Crippen MR) is 99.5 cm³/mol. The number of carbonyl (C=O) groups is 3. The Bertz CT molecular complexity index is 624. The number of allylic oxidation sites excluding steroid dienone is 1. The fourth-order valence-corrected chi connectivity index (χ4v) is 1.90. The van der Waals surface area contributed by atoms with Crippen LogP contribution in [0.15, 0.2) is 29.2 Å². The van der Waals surface area contributed by atoms with E-state index in [4.69, 9.17) is 14.9 Å². The molecule has 0 saturated carbocycles. The van der Waals surface area contributed by atoms with E-state index in [9.17, 15) is 18.8 Å². The number of hydrogen-bond donors (Lipinski definition) is 2. The summed E-state index contributed by atoms with van der Waals surface area (Å²) in [5.74, 6) is -2.41. The van der Waals surface area contributed by atoms with Crippen molar-refractivity contribution in [1.29, 1.82) is 5.41 Å². The van der Waals surface area contributed by atoms with Crippen LogP contribution in [0.2, 0.25) is 0 Å². The number of Topliss-reactive ketones (excluding diaryl/α,β-unsaturated/α-hetero) is 1. The standard InChI is InChI=1S/C18H26FN3O5/c1-11(2)27-18(25)15(7-6-14(23)8-20)22-17(24)16(26-5)12(3)9-21-10-13(4)19/h8-11,15-16,20H,3,6-7H2,1-2,4-5H3,(H,22,24)/b13-10+,20-8?,21-9?/t15-,16+/m0/s1. The van der Waals surface area contributed by atoms with Crippen molar-refractivity contribution < 1.29 is 28.2 Å². The molecule has 0 spiro atoms. The van der Waals surface area contributed by atoms with Crippen molar-refractivity contribution in [2.24, 2.45) is 4.99 Å². The second kappa shape index (κ2) is 12.6. The van der Waals surface area contributed by atoms with Crippen LogP contribution in [0.4, 0.5) is 4.39 Å². The molecule has 0 bridgehead atoms. The zero-order valence-electron chi connectivity index (χ0n) is 16.0. The molecule has 8 nitrogen and oxygen atoms in total. The molecule has 1 amide bonds. The van der Waals surface area contributed by atoms with Gasteiger partial charge in [0.2, 0.25) is 0 Å². The fourth-order valence-electron chi connectivity index (χ4n) is 1.90. The highest BCUT2D eigenvalue weighted by atomic mass is 19.1. The number of nitrogens with one attached hydrogen (secondary N) is 2. The molecule has 0 saturated heterocycles. The number of rotatable bonds is 12. The van der Waals surface area contributed by atoms with E-state index in [1.54, 1.807) is 13.8 Å². The molecule has 0 rings (SSSR count). The van der Waals surface area contributed by atoms with Crippen LogP contribution < -0.4 is 5.32 Å². The predicted octanol–water partition coefficient (Wildman–Crippen LogP) is 1.89. The minimum atomic E-state index is -1.17. The van der Waals surface area contributed by atoms with Crippen molar-refractivity contribution >= 4 is 30.1 Å². The van der Waals surface area contributed by atoms with Crippen LogP contribution in [0.5, 0.6) is 0 Å². The van der Waals surface area contributed by atoms with Crippen molar-refractivity contribution in [1.82, 2.24) is 5.32 Å². The molecule has 0 aliphatic heterocycles. The molecule has 27 heavy (non-hydrogen) atoms. The van der Waals surface area contributed by atoms with Gasteiger partial charge in [-0.25, -0.2) is 9.18 Å². The summed E-state index contributed by atoms with van der Waals surface area (Å²) >= 11 is 0. The van der Waals surface area contributed by atoms with Crippen LogP contribution in [-0.4, -0.2) is 55.4 Å². The van der Waals surface area contributed by atoms with Crippen molar-refractivity contribution in [3.63, 3.8) is 0 Å². The summed E-state index contributed by atoms with van der Waals surface area (Å²) in [6, 6.07) is -1.10. The zero-order chi connectivity index (χ0) is 21.0. The Labute approximate surface area is 158 Å². The van der Waals surface area contributed by atoms with Gasteiger partial charge in [-0.15, -0.1) is 0 Å². The molecule has 0 unspecified atom stereocenters. The third-order valence-electron chi connectivity index (χ3n) is 3.10. The molecule has 0 aromatic heterocycles. The molecule has 9 heteroatoms. The van der Waals surface area contributed by atoms with Gasteiger partial charge in [0.15, 0.2) is 11.9 Å². The minimum absolute atomic E-state index is 0.0354. The Balaban J connectivity index is 5.19. The monoisotopic (exact) mass is 383 g/mol. The highest BCUT2D eigenvalue weighted by Gasteiger charge is 2.28. The first-order valence-electron chi connectivity index (χ1n) is 8.23. The van der Waals surface area contributed by atoms with Crippen molar-refractivity contribution in [3.8, 4) is 0 Å². The number of amides is 1. The summed E-state index contributed by atoms with van der Waals surface area (Å²) in [6.45, 7) is 8.15. The normalized spacial score (nSPS) is 13.9. The molecule has 0 aliphatic carbocycles. The highest BCUT2D eigenvalue weighted by Crippen LogP contribution is 2.08. The van der Waals surface area contributed by atoms with Gasteiger partial charge in [-0.05, 0) is 27.2 Å². The van der Waals surface area contributed by atoms with Gasteiger partial charge in [-0.2, -0.15) is 0 Å². The number of ether oxygens (including phenoxy) is 2. The quantitative estimate of drug-likeness (QED) is 0.394. The van der Waals surface area contributed by atoms with Gasteiger partial charge >= 0.3 is 5.97 Å². The molecule has 0 aromatic rings. The van der Waals surface area contributed by atoms with Crippen LogP contribution in [0.3, 0.4) is 0 Å². The summed E-state index contributed by atoms with van der Waals surface area (Å²) in [7, 11) is 1.26. The van der Waals surface area contributed by atoms with E-state index in [1.165, 1.54) is 14.0 Å². The Morgan fingerprint density at radius 2 is 1.96 bits per heavy atom. The SMILES string of the molecule is C=C(C=N/C=C(\C)F)[C@@H](OC)C(=O)N[C@@H](CCC(=O)C=N)C(=O)OC(C)C. The number of aliphatic imine (C=N–C) groups is 1. The number of nitrogens with zero attached hydrogens (tertiary/aromatic N) is 1. The van der Waals surface area contributed by atoms with Crippen LogP contribution >= 0.6 is 0 Å². The number of halogens is 1. The Morgan fingerprint density at radius 3 is 2.44 bits per heavy atom. The second-order valence-corrected chi connectivity index (χ2v) is 5.88. The van der Waals surface area contributed by atoms with Crippen molar-refractivity contribution in [2.45, 2.75) is 51.9 Å². The lowest BCUT2D eigenvalue weighted by Crippen LogP contribution is -2.48. The number of esters is 1. The Kier molecular flexibility index (Phi) is 11.4. The van der Waals surface area contributed by atoms with Gasteiger partial charge in [-0.1, -0.05) is 6.58 Å². The van der Waals surface area contributed by atoms with Crippen LogP contribution in [0.25, 0.3) is 0 Å². The van der Waals surface area contributed by atoms with E-state index >= 15 is 0 Å². The van der Waals surface area contributed by atoms with E-state index in [2.05, 4.69) is 16.9 Å². The Hall–Kier alpha value is -2.68. The summed E-state index contributed by atoms with van der Waals surface area (Å²) in [4.78, 5) is 39.6.